The van der Waals surface area contributed by atoms with Crippen LogP contribution in [0.1, 0.15) is 46.9 Å². The smallest absolute Gasteiger partial charge is 0.191 e. The second-order valence-electron chi connectivity index (χ2n) is 6.77. The van der Waals surface area contributed by atoms with Crippen LogP contribution in [0.4, 0.5) is 0 Å². The summed E-state index contributed by atoms with van der Waals surface area (Å²) in [5.74, 6) is 2.95. The molecule has 6 heteroatoms. The van der Waals surface area contributed by atoms with Gasteiger partial charge in [-0.2, -0.15) is 0 Å². The predicted octanol–water partition coefficient (Wildman–Crippen LogP) is 2.66. The third kappa shape index (κ3) is 7.34. The van der Waals surface area contributed by atoms with Gasteiger partial charge in [-0.05, 0) is 25.2 Å². The molecule has 0 aliphatic rings. The van der Waals surface area contributed by atoms with Gasteiger partial charge in [-0.15, -0.1) is 0 Å². The maximum Gasteiger partial charge on any atom is 0.191 e. The quantitative estimate of drug-likeness (QED) is 0.509. The van der Waals surface area contributed by atoms with Crippen molar-refractivity contribution in [2.45, 2.75) is 60.2 Å². The molecule has 0 saturated heterocycles. The van der Waals surface area contributed by atoms with E-state index in [2.05, 4.69) is 52.9 Å². The lowest BCUT2D eigenvalue weighted by atomic mass is 10.0. The first kappa shape index (κ1) is 20.5. The average Bonchev–Trinajstić information content (AvgIpc) is 2.95. The van der Waals surface area contributed by atoms with Crippen LogP contribution in [0.25, 0.3) is 0 Å². The lowest BCUT2D eigenvalue weighted by Crippen LogP contribution is -2.39. The Labute approximate surface area is 147 Å². The Morgan fingerprint density at radius 3 is 2.62 bits per heavy atom. The zero-order chi connectivity index (χ0) is 17.9. The number of aliphatic imine (C=N–C) groups is 1. The molecular formula is C18H35N5O. The van der Waals surface area contributed by atoms with Crippen LogP contribution in [-0.4, -0.2) is 41.8 Å². The number of aromatic nitrogens is 2. The number of ether oxygens (including phenoxy) is 1. The fourth-order valence-electron chi connectivity index (χ4n) is 2.61. The zero-order valence-electron chi connectivity index (χ0n) is 16.2. The minimum Gasteiger partial charge on any atom is -0.378 e. The molecule has 0 aliphatic carbocycles. The normalized spacial score (nSPS) is 13.6. The number of guanidine groups is 1. The van der Waals surface area contributed by atoms with E-state index in [1.807, 2.05) is 19.3 Å². The zero-order valence-corrected chi connectivity index (χ0v) is 16.2. The second-order valence-corrected chi connectivity index (χ2v) is 6.77. The van der Waals surface area contributed by atoms with Crippen LogP contribution in [0, 0.1) is 11.8 Å². The van der Waals surface area contributed by atoms with Crippen LogP contribution in [0.15, 0.2) is 17.4 Å². The van der Waals surface area contributed by atoms with Crippen molar-refractivity contribution >= 4 is 5.96 Å². The van der Waals surface area contributed by atoms with Gasteiger partial charge >= 0.3 is 0 Å². The Balaban J connectivity index is 2.42. The maximum absolute atomic E-state index is 5.78. The van der Waals surface area contributed by atoms with Gasteiger partial charge in [-0.3, -0.25) is 4.99 Å². The molecule has 0 fully saturated rings. The number of nitrogens with one attached hydrogen (secondary N) is 2. The fraction of sp³-hybridized carbons (Fsp3) is 0.778. The molecule has 1 unspecified atom stereocenters. The monoisotopic (exact) mass is 337 g/mol. The van der Waals surface area contributed by atoms with Crippen molar-refractivity contribution in [1.82, 2.24) is 20.2 Å². The minimum atomic E-state index is 0.283. The van der Waals surface area contributed by atoms with E-state index in [0.29, 0.717) is 18.4 Å². The molecule has 0 spiro atoms. The Kier molecular flexibility index (Phi) is 9.45. The van der Waals surface area contributed by atoms with E-state index in [1.54, 1.807) is 7.05 Å². The molecular weight excluding hydrogens is 302 g/mol. The van der Waals surface area contributed by atoms with Crippen molar-refractivity contribution in [1.29, 1.82) is 0 Å². The summed E-state index contributed by atoms with van der Waals surface area (Å²) in [7, 11) is 1.79. The molecule has 1 heterocycles. The highest BCUT2D eigenvalue weighted by molar-refractivity contribution is 5.79. The summed E-state index contributed by atoms with van der Waals surface area (Å²) < 4.78 is 7.97. The van der Waals surface area contributed by atoms with Crippen LogP contribution in [0.3, 0.4) is 0 Å². The first-order valence-corrected chi connectivity index (χ1v) is 9.04. The van der Waals surface area contributed by atoms with Gasteiger partial charge in [-0.25, -0.2) is 4.98 Å². The molecule has 138 valence electrons. The number of hydrogen-bond donors (Lipinski definition) is 2. The van der Waals surface area contributed by atoms with Crippen LogP contribution in [0.2, 0.25) is 0 Å². The van der Waals surface area contributed by atoms with Gasteiger partial charge in [0.15, 0.2) is 5.96 Å². The summed E-state index contributed by atoms with van der Waals surface area (Å²) >= 11 is 0. The number of rotatable bonds is 10. The molecule has 24 heavy (non-hydrogen) atoms. The highest BCUT2D eigenvalue weighted by Crippen LogP contribution is 2.10. The summed E-state index contributed by atoms with van der Waals surface area (Å²) in [5.41, 5.74) is 0. The van der Waals surface area contributed by atoms with Crippen molar-refractivity contribution in [2.24, 2.45) is 16.8 Å². The molecule has 0 saturated carbocycles. The highest BCUT2D eigenvalue weighted by Gasteiger charge is 2.13. The van der Waals surface area contributed by atoms with Gasteiger partial charge in [0.05, 0.1) is 12.6 Å². The van der Waals surface area contributed by atoms with E-state index >= 15 is 0 Å². The van der Waals surface area contributed by atoms with Gasteiger partial charge in [0.25, 0.3) is 0 Å². The Hall–Kier alpha value is -1.56. The minimum absolute atomic E-state index is 0.283. The van der Waals surface area contributed by atoms with E-state index in [9.17, 15) is 0 Å². The maximum atomic E-state index is 5.78. The number of imidazole rings is 1. The lowest BCUT2D eigenvalue weighted by molar-refractivity contribution is 0.0258. The third-order valence-electron chi connectivity index (χ3n) is 3.85. The first-order chi connectivity index (χ1) is 11.5. The molecule has 0 bridgehead atoms. The van der Waals surface area contributed by atoms with Crippen molar-refractivity contribution in [3.8, 4) is 0 Å². The molecule has 6 nitrogen and oxygen atoms in total. The van der Waals surface area contributed by atoms with Crippen molar-refractivity contribution in [2.75, 3.05) is 20.2 Å². The lowest BCUT2D eigenvalue weighted by Gasteiger charge is -2.21. The van der Waals surface area contributed by atoms with E-state index in [4.69, 9.17) is 4.74 Å². The van der Waals surface area contributed by atoms with Gasteiger partial charge in [0.2, 0.25) is 0 Å². The first-order valence-electron chi connectivity index (χ1n) is 9.04. The summed E-state index contributed by atoms with van der Waals surface area (Å²) in [5, 5.41) is 6.69. The average molecular weight is 338 g/mol. The second kappa shape index (κ2) is 11.1. The Bertz CT molecular complexity index is 482. The molecule has 1 aromatic heterocycles. The Morgan fingerprint density at radius 1 is 1.29 bits per heavy atom. The van der Waals surface area contributed by atoms with Crippen molar-refractivity contribution in [3.05, 3.63) is 18.2 Å². The van der Waals surface area contributed by atoms with Crippen LogP contribution in [-0.2, 0) is 17.8 Å². The van der Waals surface area contributed by atoms with Gasteiger partial charge in [0.1, 0.15) is 5.82 Å². The standard InChI is InChI=1S/C18H35N5O/c1-7-24-16(15(4)5)8-9-21-18(19-6)22-12-17-20-10-11-23(17)13-14(2)3/h10-11,14-16H,7-9,12-13H2,1-6H3,(H2,19,21,22). The third-order valence-corrected chi connectivity index (χ3v) is 3.85. The molecule has 0 aromatic carbocycles. The van der Waals surface area contributed by atoms with Crippen molar-refractivity contribution < 1.29 is 4.74 Å². The van der Waals surface area contributed by atoms with Gasteiger partial charge in [-0.1, -0.05) is 27.7 Å². The molecule has 2 N–H and O–H groups in total. The topological polar surface area (TPSA) is 63.5 Å². The molecule has 0 aliphatic heterocycles. The number of hydrogen-bond acceptors (Lipinski definition) is 3. The van der Waals surface area contributed by atoms with Gasteiger partial charge in [0, 0.05) is 39.1 Å². The largest absolute Gasteiger partial charge is 0.378 e. The Morgan fingerprint density at radius 2 is 2.04 bits per heavy atom. The summed E-state index contributed by atoms with van der Waals surface area (Å²) in [6.45, 7) is 14.1. The summed E-state index contributed by atoms with van der Waals surface area (Å²) in [6, 6.07) is 0. The van der Waals surface area contributed by atoms with Gasteiger partial charge < -0.3 is 19.9 Å². The van der Waals surface area contributed by atoms with Crippen molar-refractivity contribution in [3.63, 3.8) is 0 Å². The predicted molar refractivity (Wildman–Crippen MR) is 100 cm³/mol. The molecule has 1 aromatic rings. The molecule has 0 radical (unpaired) electrons. The molecule has 1 atom stereocenters. The van der Waals surface area contributed by atoms with E-state index in [1.165, 1.54) is 0 Å². The number of nitrogens with zero attached hydrogens (tertiary/aromatic N) is 3. The fourth-order valence-corrected chi connectivity index (χ4v) is 2.61. The van der Waals surface area contributed by atoms with Crippen LogP contribution >= 0.6 is 0 Å². The molecule has 0 amide bonds. The highest BCUT2D eigenvalue weighted by atomic mass is 16.5. The van der Waals surface area contributed by atoms with Crippen LogP contribution in [0.5, 0.6) is 0 Å². The van der Waals surface area contributed by atoms with Crippen LogP contribution < -0.4 is 10.6 Å². The summed E-state index contributed by atoms with van der Waals surface area (Å²) in [6.07, 6.45) is 5.13. The van der Waals surface area contributed by atoms with E-state index in [0.717, 1.165) is 37.9 Å². The molecule has 1 rings (SSSR count). The van der Waals surface area contributed by atoms with E-state index < -0.39 is 0 Å². The van der Waals surface area contributed by atoms with E-state index in [-0.39, 0.29) is 6.10 Å². The summed E-state index contributed by atoms with van der Waals surface area (Å²) in [4.78, 5) is 8.71. The SMILES string of the molecule is CCOC(CCNC(=NC)NCc1nccn1CC(C)C)C(C)C.